The van der Waals surface area contributed by atoms with Crippen LogP contribution >= 0.6 is 0 Å². The molecule has 1 spiro atoms. The van der Waals surface area contributed by atoms with E-state index in [0.717, 1.165) is 43.6 Å². The Morgan fingerprint density at radius 3 is 2.81 bits per heavy atom. The summed E-state index contributed by atoms with van der Waals surface area (Å²) >= 11 is 0. The van der Waals surface area contributed by atoms with Crippen molar-refractivity contribution in [3.63, 3.8) is 0 Å². The fourth-order valence-corrected chi connectivity index (χ4v) is 3.65. The number of nitrogens with one attached hydrogen (secondary N) is 1. The summed E-state index contributed by atoms with van der Waals surface area (Å²) in [4.78, 5) is 26.8. The molecule has 3 rings (SSSR count). The quantitative estimate of drug-likeness (QED) is 0.875. The summed E-state index contributed by atoms with van der Waals surface area (Å²) in [6.45, 7) is 5.47. The minimum atomic E-state index is -0.606. The molecule has 1 aromatic rings. The Bertz CT molecular complexity index is 580. The molecule has 6 heteroatoms. The number of aryl methyl sites for hydroxylation is 2. The van der Waals surface area contributed by atoms with Crippen LogP contribution in [0.1, 0.15) is 37.1 Å². The second-order valence-corrected chi connectivity index (χ2v) is 6.12. The van der Waals surface area contributed by atoms with Gasteiger partial charge in [-0.3, -0.25) is 14.3 Å². The molecule has 21 heavy (non-hydrogen) atoms. The predicted octanol–water partition coefficient (Wildman–Crippen LogP) is 0.771. The molecule has 2 aliphatic rings. The topological polar surface area (TPSA) is 67.2 Å². The van der Waals surface area contributed by atoms with E-state index in [1.165, 1.54) is 0 Å². The molecule has 114 valence electrons. The molecule has 2 aliphatic heterocycles. The first-order valence-corrected chi connectivity index (χ1v) is 7.63. The molecule has 6 nitrogen and oxygen atoms in total. The highest BCUT2D eigenvalue weighted by molar-refractivity contribution is 5.92. The minimum absolute atomic E-state index is 0.00394. The maximum atomic E-state index is 12.7. The van der Waals surface area contributed by atoms with Crippen molar-refractivity contribution in [2.24, 2.45) is 0 Å². The maximum absolute atomic E-state index is 12.7. The summed E-state index contributed by atoms with van der Waals surface area (Å²) in [6.07, 6.45) is 3.40. The third-order valence-corrected chi connectivity index (χ3v) is 4.65. The van der Waals surface area contributed by atoms with Crippen LogP contribution in [-0.4, -0.2) is 45.1 Å². The van der Waals surface area contributed by atoms with Crippen LogP contribution < -0.4 is 5.32 Å². The van der Waals surface area contributed by atoms with Crippen LogP contribution in [0.4, 0.5) is 0 Å². The lowest BCUT2D eigenvalue weighted by molar-refractivity contribution is -0.147. The first kappa shape index (κ1) is 14.1. The van der Waals surface area contributed by atoms with Crippen molar-refractivity contribution in [1.82, 2.24) is 20.0 Å². The molecule has 0 aliphatic carbocycles. The Hall–Kier alpha value is -1.85. The van der Waals surface area contributed by atoms with Gasteiger partial charge in [0, 0.05) is 18.8 Å². The van der Waals surface area contributed by atoms with Gasteiger partial charge >= 0.3 is 0 Å². The zero-order chi connectivity index (χ0) is 15.0. The van der Waals surface area contributed by atoms with Crippen molar-refractivity contribution in [3.05, 3.63) is 17.5 Å². The molecule has 0 bridgehead atoms. The van der Waals surface area contributed by atoms with Crippen LogP contribution in [0.25, 0.3) is 0 Å². The number of hydrogen-bond acceptors (Lipinski definition) is 3. The van der Waals surface area contributed by atoms with Crippen LogP contribution in [0.2, 0.25) is 0 Å². The summed E-state index contributed by atoms with van der Waals surface area (Å²) in [6, 6.07) is 1.96. The van der Waals surface area contributed by atoms with Gasteiger partial charge in [0.25, 0.3) is 0 Å². The van der Waals surface area contributed by atoms with Crippen LogP contribution in [0.15, 0.2) is 6.07 Å². The summed E-state index contributed by atoms with van der Waals surface area (Å²) < 4.78 is 1.73. The monoisotopic (exact) mass is 290 g/mol. The van der Waals surface area contributed by atoms with E-state index in [1.54, 1.807) is 9.58 Å². The molecule has 2 amide bonds. The number of likely N-dealkylation sites (tertiary alicyclic amines) is 1. The Balaban J connectivity index is 1.80. The lowest BCUT2D eigenvalue weighted by Crippen LogP contribution is -2.60. The van der Waals surface area contributed by atoms with Gasteiger partial charge in [-0.1, -0.05) is 0 Å². The van der Waals surface area contributed by atoms with Gasteiger partial charge in [0.05, 0.1) is 5.69 Å². The van der Waals surface area contributed by atoms with E-state index in [1.807, 2.05) is 19.9 Å². The summed E-state index contributed by atoms with van der Waals surface area (Å²) in [5, 5.41) is 7.27. The molecule has 3 heterocycles. The number of carbonyl (C=O) groups excluding carboxylic acids is 2. The fourth-order valence-electron chi connectivity index (χ4n) is 3.65. The van der Waals surface area contributed by atoms with Crippen molar-refractivity contribution >= 4 is 11.8 Å². The van der Waals surface area contributed by atoms with Crippen molar-refractivity contribution in [3.8, 4) is 0 Å². The van der Waals surface area contributed by atoms with Crippen molar-refractivity contribution in [2.75, 3.05) is 13.1 Å². The Labute approximate surface area is 124 Å². The molecular weight excluding hydrogens is 268 g/mol. The van der Waals surface area contributed by atoms with E-state index in [0.29, 0.717) is 6.54 Å². The van der Waals surface area contributed by atoms with Crippen LogP contribution in [0, 0.1) is 13.8 Å². The minimum Gasteiger partial charge on any atom is -0.354 e. The van der Waals surface area contributed by atoms with Gasteiger partial charge in [0.1, 0.15) is 12.1 Å². The van der Waals surface area contributed by atoms with Crippen LogP contribution in [0.3, 0.4) is 0 Å². The molecule has 0 aromatic carbocycles. The van der Waals surface area contributed by atoms with Gasteiger partial charge in [0.2, 0.25) is 11.8 Å². The maximum Gasteiger partial charge on any atom is 0.245 e. The molecular formula is C15H22N4O2. The Kier molecular flexibility index (Phi) is 3.47. The number of hydrogen-bond donors (Lipinski definition) is 1. The third-order valence-electron chi connectivity index (χ3n) is 4.65. The molecule has 1 atom stereocenters. The van der Waals surface area contributed by atoms with Gasteiger partial charge in [-0.25, -0.2) is 0 Å². The van der Waals surface area contributed by atoms with Crippen molar-refractivity contribution in [1.29, 1.82) is 0 Å². The normalized spacial score (nSPS) is 25.4. The van der Waals surface area contributed by atoms with Gasteiger partial charge in [-0.05, 0) is 45.6 Å². The fraction of sp³-hybridized carbons (Fsp3) is 0.667. The van der Waals surface area contributed by atoms with E-state index in [-0.39, 0.29) is 18.4 Å². The lowest BCUT2D eigenvalue weighted by atomic mass is 9.86. The second kappa shape index (κ2) is 5.16. The molecule has 1 unspecified atom stereocenters. The Morgan fingerprint density at radius 1 is 1.38 bits per heavy atom. The smallest absolute Gasteiger partial charge is 0.245 e. The highest BCUT2D eigenvalue weighted by Gasteiger charge is 2.50. The zero-order valence-corrected chi connectivity index (χ0v) is 12.7. The average Bonchev–Trinajstić information content (AvgIpc) is 2.98. The van der Waals surface area contributed by atoms with Gasteiger partial charge in [-0.2, -0.15) is 5.10 Å². The van der Waals surface area contributed by atoms with Crippen LogP contribution in [-0.2, 0) is 16.1 Å². The standard InChI is InChI=1S/C15H22N4O2/c1-11-9-12(2)19(17-11)10-13(20)18-8-4-6-15(18)5-3-7-16-14(15)21/h9H,3-8,10H2,1-2H3,(H,16,21). The number of amides is 2. The van der Waals surface area contributed by atoms with Crippen LogP contribution in [0.5, 0.6) is 0 Å². The van der Waals surface area contributed by atoms with E-state index in [4.69, 9.17) is 0 Å². The number of nitrogens with zero attached hydrogens (tertiary/aromatic N) is 3. The van der Waals surface area contributed by atoms with Gasteiger partial charge in [-0.15, -0.1) is 0 Å². The first-order chi connectivity index (χ1) is 10.0. The SMILES string of the molecule is Cc1cc(C)n(CC(=O)N2CCCC23CCCNC3=O)n1. The summed E-state index contributed by atoms with van der Waals surface area (Å²) in [5.74, 6) is 0.0173. The largest absolute Gasteiger partial charge is 0.354 e. The first-order valence-electron chi connectivity index (χ1n) is 7.63. The highest BCUT2D eigenvalue weighted by atomic mass is 16.2. The van der Waals surface area contributed by atoms with Gasteiger partial charge in [0.15, 0.2) is 0 Å². The van der Waals surface area contributed by atoms with Crippen molar-refractivity contribution < 1.29 is 9.59 Å². The number of carbonyl (C=O) groups is 2. The van der Waals surface area contributed by atoms with E-state index in [9.17, 15) is 9.59 Å². The van der Waals surface area contributed by atoms with E-state index < -0.39 is 5.54 Å². The van der Waals surface area contributed by atoms with E-state index >= 15 is 0 Å². The molecule has 2 fully saturated rings. The summed E-state index contributed by atoms with van der Waals surface area (Å²) in [5.41, 5.74) is 1.28. The molecule has 2 saturated heterocycles. The molecule has 0 saturated carbocycles. The predicted molar refractivity (Wildman–Crippen MR) is 77.6 cm³/mol. The summed E-state index contributed by atoms with van der Waals surface area (Å²) in [7, 11) is 0. The van der Waals surface area contributed by atoms with Gasteiger partial charge < -0.3 is 10.2 Å². The second-order valence-electron chi connectivity index (χ2n) is 6.12. The van der Waals surface area contributed by atoms with Crippen molar-refractivity contribution in [2.45, 2.75) is 51.6 Å². The average molecular weight is 290 g/mol. The zero-order valence-electron chi connectivity index (χ0n) is 12.7. The molecule has 1 aromatic heterocycles. The molecule has 1 N–H and O–H groups in total. The Morgan fingerprint density at radius 2 is 2.14 bits per heavy atom. The number of aromatic nitrogens is 2. The lowest BCUT2D eigenvalue weighted by Gasteiger charge is -2.40. The molecule has 0 radical (unpaired) electrons. The van der Waals surface area contributed by atoms with E-state index in [2.05, 4.69) is 10.4 Å². The third kappa shape index (κ3) is 2.32. The highest BCUT2D eigenvalue weighted by Crippen LogP contribution is 2.35. The number of piperidine rings is 1. The number of rotatable bonds is 2.